The number of fused-ring (bicyclic) bond motifs is 2. The Morgan fingerprint density at radius 1 is 0.969 bits per heavy atom. The van der Waals surface area contributed by atoms with Crippen LogP contribution in [-0.2, 0) is 0 Å². The normalized spacial score (nSPS) is 29.3. The van der Waals surface area contributed by atoms with Crippen molar-refractivity contribution >= 4 is 11.0 Å². The Morgan fingerprint density at radius 2 is 1.78 bits per heavy atom. The smallest absolute Gasteiger partial charge is 0.232 e. The van der Waals surface area contributed by atoms with Gasteiger partial charge in [-0.25, -0.2) is 9.97 Å². The molecule has 3 aromatic rings. The first-order valence-corrected chi connectivity index (χ1v) is 12.4. The van der Waals surface area contributed by atoms with E-state index in [9.17, 15) is 0 Å². The highest BCUT2D eigenvalue weighted by molar-refractivity contribution is 5.76. The molecule has 0 radical (unpaired) electrons. The second kappa shape index (κ2) is 8.47. The number of ether oxygens (including phenoxy) is 1. The lowest BCUT2D eigenvalue weighted by atomic mass is 9.77. The molecular weight excluding hydrogens is 398 g/mol. The number of benzene rings is 1. The second-order valence-corrected chi connectivity index (χ2v) is 10.0. The Balaban J connectivity index is 1.32. The van der Waals surface area contributed by atoms with Gasteiger partial charge in [0.1, 0.15) is 11.9 Å². The van der Waals surface area contributed by atoms with Crippen LogP contribution in [0.25, 0.3) is 11.0 Å². The van der Waals surface area contributed by atoms with E-state index in [1.54, 1.807) is 18.6 Å². The first-order valence-electron chi connectivity index (χ1n) is 12.4. The highest BCUT2D eigenvalue weighted by Crippen LogP contribution is 2.45. The fourth-order valence-corrected chi connectivity index (χ4v) is 6.65. The number of aryl methyl sites for hydroxylation is 1. The molecule has 0 amide bonds. The lowest BCUT2D eigenvalue weighted by Gasteiger charge is -2.39. The third-order valence-electron chi connectivity index (χ3n) is 8.12. The van der Waals surface area contributed by atoms with Gasteiger partial charge in [0.25, 0.3) is 0 Å². The van der Waals surface area contributed by atoms with Crippen molar-refractivity contribution in [3.63, 3.8) is 0 Å². The number of aromatic nitrogens is 4. The second-order valence-electron chi connectivity index (χ2n) is 10.0. The van der Waals surface area contributed by atoms with Crippen LogP contribution in [0.1, 0.15) is 56.8 Å². The van der Waals surface area contributed by atoms with Crippen LogP contribution in [0.3, 0.4) is 0 Å². The topological polar surface area (TPSA) is 56.1 Å². The molecule has 0 bridgehead atoms. The van der Waals surface area contributed by atoms with Crippen LogP contribution in [0.4, 0.5) is 0 Å². The van der Waals surface area contributed by atoms with E-state index in [0.29, 0.717) is 11.8 Å². The summed E-state index contributed by atoms with van der Waals surface area (Å²) in [5, 5.41) is 0. The van der Waals surface area contributed by atoms with Gasteiger partial charge in [0.2, 0.25) is 5.88 Å². The predicted octanol–water partition coefficient (Wildman–Crippen LogP) is 4.80. The van der Waals surface area contributed by atoms with Crippen molar-refractivity contribution in [1.82, 2.24) is 24.4 Å². The fraction of sp³-hybridized carbons (Fsp3) is 0.577. The van der Waals surface area contributed by atoms with Gasteiger partial charge in [0, 0.05) is 31.5 Å². The van der Waals surface area contributed by atoms with E-state index < -0.39 is 0 Å². The van der Waals surface area contributed by atoms with E-state index >= 15 is 0 Å². The van der Waals surface area contributed by atoms with Crippen LogP contribution in [0, 0.1) is 18.8 Å². The molecule has 1 aliphatic heterocycles. The average Bonchev–Trinajstić information content (AvgIpc) is 3.39. The summed E-state index contributed by atoms with van der Waals surface area (Å²) < 4.78 is 8.98. The summed E-state index contributed by atoms with van der Waals surface area (Å²) in [7, 11) is 0. The van der Waals surface area contributed by atoms with Crippen molar-refractivity contribution in [2.24, 2.45) is 11.8 Å². The highest BCUT2D eigenvalue weighted by Gasteiger charge is 2.46. The van der Waals surface area contributed by atoms with Gasteiger partial charge in [-0.1, -0.05) is 31.4 Å². The third kappa shape index (κ3) is 3.68. The van der Waals surface area contributed by atoms with E-state index in [1.807, 2.05) is 0 Å². The minimum atomic E-state index is 0.0792. The van der Waals surface area contributed by atoms with Gasteiger partial charge >= 0.3 is 0 Å². The predicted molar refractivity (Wildman–Crippen MR) is 125 cm³/mol. The zero-order valence-corrected chi connectivity index (χ0v) is 18.9. The molecule has 6 heteroatoms. The van der Waals surface area contributed by atoms with Crippen molar-refractivity contribution in [3.8, 4) is 5.88 Å². The molecule has 0 N–H and O–H groups in total. The maximum atomic E-state index is 6.54. The average molecular weight is 432 g/mol. The van der Waals surface area contributed by atoms with Gasteiger partial charge in [0.05, 0.1) is 23.3 Å². The highest BCUT2D eigenvalue weighted by atomic mass is 16.5. The van der Waals surface area contributed by atoms with Crippen molar-refractivity contribution in [1.29, 1.82) is 0 Å². The van der Waals surface area contributed by atoms with Gasteiger partial charge in [0.15, 0.2) is 0 Å². The van der Waals surface area contributed by atoms with Gasteiger partial charge in [-0.3, -0.25) is 9.88 Å². The number of likely N-dealkylation sites (tertiary alicyclic amines) is 1. The SMILES string of the molecule is Cc1nc2ccccc2n1[C@H]1C[C@H]2CN(C3CCCCC3)C[C@H]2C[C@@H]1Oc1cnccn1. The molecule has 2 saturated carbocycles. The van der Waals surface area contributed by atoms with Crippen molar-refractivity contribution in [2.75, 3.05) is 13.1 Å². The molecule has 2 aliphatic carbocycles. The number of nitrogens with zero attached hydrogens (tertiary/aromatic N) is 5. The molecule has 6 rings (SSSR count). The summed E-state index contributed by atoms with van der Waals surface area (Å²) in [5.74, 6) is 3.13. The first-order chi connectivity index (χ1) is 15.8. The third-order valence-corrected chi connectivity index (χ3v) is 8.12. The van der Waals surface area contributed by atoms with E-state index in [1.165, 1.54) is 50.7 Å². The standard InChI is InChI=1S/C26H33N5O/c1-18-29-22-9-5-6-10-23(22)31(18)24-13-19-16-30(21-7-3-2-4-8-21)17-20(19)14-25(24)32-26-15-27-11-12-28-26/h5-6,9-12,15,19-21,24-25H,2-4,7-8,13-14,16-17H2,1H3/t19-,20+,24-,25-/m0/s1. The van der Waals surface area contributed by atoms with Crippen LogP contribution in [0.2, 0.25) is 0 Å². The maximum absolute atomic E-state index is 6.54. The molecule has 1 saturated heterocycles. The Hall–Kier alpha value is -2.47. The number of hydrogen-bond donors (Lipinski definition) is 0. The van der Waals surface area contributed by atoms with E-state index in [0.717, 1.165) is 36.1 Å². The minimum Gasteiger partial charge on any atom is -0.471 e. The molecule has 1 aromatic carbocycles. The summed E-state index contributed by atoms with van der Waals surface area (Å²) in [6.07, 6.45) is 14.4. The van der Waals surface area contributed by atoms with Crippen LogP contribution in [0.5, 0.6) is 5.88 Å². The zero-order chi connectivity index (χ0) is 21.5. The molecule has 0 unspecified atom stereocenters. The summed E-state index contributed by atoms with van der Waals surface area (Å²) in [6.45, 7) is 4.61. The monoisotopic (exact) mass is 431 g/mol. The molecule has 0 spiro atoms. The van der Waals surface area contributed by atoms with Crippen LogP contribution in [0.15, 0.2) is 42.9 Å². The summed E-state index contributed by atoms with van der Waals surface area (Å²) in [6, 6.07) is 9.56. The largest absolute Gasteiger partial charge is 0.471 e. The quantitative estimate of drug-likeness (QED) is 0.594. The van der Waals surface area contributed by atoms with Crippen molar-refractivity contribution < 1.29 is 4.74 Å². The number of hydrogen-bond acceptors (Lipinski definition) is 5. The van der Waals surface area contributed by atoms with Crippen LogP contribution < -0.4 is 4.74 Å². The summed E-state index contributed by atoms with van der Waals surface area (Å²) >= 11 is 0. The van der Waals surface area contributed by atoms with Gasteiger partial charge in [-0.05, 0) is 56.6 Å². The molecular formula is C26H33N5O. The minimum absolute atomic E-state index is 0.0792. The molecule has 4 atom stereocenters. The van der Waals surface area contributed by atoms with Crippen LogP contribution in [-0.4, -0.2) is 49.7 Å². The van der Waals surface area contributed by atoms with Gasteiger partial charge in [-0.2, -0.15) is 0 Å². The molecule has 3 aliphatic rings. The number of imidazole rings is 1. The molecule has 168 valence electrons. The Bertz CT molecular complexity index is 1060. The molecule has 32 heavy (non-hydrogen) atoms. The summed E-state index contributed by atoms with van der Waals surface area (Å²) in [5.41, 5.74) is 2.28. The Labute approximate surface area is 190 Å². The van der Waals surface area contributed by atoms with Gasteiger partial charge in [-0.15, -0.1) is 0 Å². The lowest BCUT2D eigenvalue weighted by Crippen LogP contribution is -2.40. The number of rotatable bonds is 4. The lowest BCUT2D eigenvalue weighted by molar-refractivity contribution is 0.0518. The van der Waals surface area contributed by atoms with E-state index in [4.69, 9.17) is 9.72 Å². The first kappa shape index (κ1) is 20.2. The molecule has 6 nitrogen and oxygen atoms in total. The molecule has 3 heterocycles. The maximum Gasteiger partial charge on any atom is 0.232 e. The number of para-hydroxylation sites is 2. The summed E-state index contributed by atoms with van der Waals surface area (Å²) in [4.78, 5) is 16.3. The fourth-order valence-electron chi connectivity index (χ4n) is 6.65. The zero-order valence-electron chi connectivity index (χ0n) is 18.9. The van der Waals surface area contributed by atoms with Gasteiger partial charge < -0.3 is 9.30 Å². The molecule has 3 fully saturated rings. The van der Waals surface area contributed by atoms with Crippen molar-refractivity contribution in [3.05, 3.63) is 48.7 Å². The Kier molecular flexibility index (Phi) is 5.34. The van der Waals surface area contributed by atoms with E-state index in [-0.39, 0.29) is 12.1 Å². The molecule has 2 aromatic heterocycles. The van der Waals surface area contributed by atoms with Crippen molar-refractivity contribution in [2.45, 2.75) is 70.1 Å². The van der Waals surface area contributed by atoms with Crippen LogP contribution >= 0.6 is 0 Å². The Morgan fingerprint density at radius 3 is 2.59 bits per heavy atom. The van der Waals surface area contributed by atoms with E-state index in [2.05, 4.69) is 50.6 Å².